The number of carbonyl (C=O) groups is 4. The van der Waals surface area contributed by atoms with Crippen LogP contribution in [0.5, 0.6) is 11.5 Å². The molecule has 16 nitrogen and oxygen atoms in total. The molecule has 2 heterocycles. The van der Waals surface area contributed by atoms with Crippen LogP contribution in [0.4, 0.5) is 29.2 Å². The molecular formula is C50H44F4N4O12S2. The summed E-state index contributed by atoms with van der Waals surface area (Å²) in [5.41, 5.74) is -0.180. The monoisotopic (exact) mass is 1030 g/mol. The van der Waals surface area contributed by atoms with Crippen molar-refractivity contribution in [1.29, 1.82) is 0 Å². The molecule has 0 aliphatic heterocycles. The van der Waals surface area contributed by atoms with E-state index >= 15 is 0 Å². The van der Waals surface area contributed by atoms with E-state index in [1.807, 2.05) is 0 Å². The molecule has 72 heavy (non-hydrogen) atoms. The van der Waals surface area contributed by atoms with Gasteiger partial charge in [-0.3, -0.25) is 9.59 Å². The van der Waals surface area contributed by atoms with E-state index in [9.17, 15) is 53.6 Å². The van der Waals surface area contributed by atoms with Gasteiger partial charge in [0, 0.05) is 35.7 Å². The lowest BCUT2D eigenvalue weighted by Gasteiger charge is -2.20. The number of ether oxygens (including phenoxy) is 3. The van der Waals surface area contributed by atoms with Crippen molar-refractivity contribution in [3.63, 3.8) is 0 Å². The third-order valence-corrected chi connectivity index (χ3v) is 15.2. The van der Waals surface area contributed by atoms with Crippen molar-refractivity contribution in [3.8, 4) is 11.5 Å². The predicted octanol–water partition coefficient (Wildman–Crippen LogP) is 8.76. The second-order valence-corrected chi connectivity index (χ2v) is 21.9. The summed E-state index contributed by atoms with van der Waals surface area (Å²) in [5, 5.41) is 13.1. The molecule has 2 atom stereocenters. The number of esters is 1. The van der Waals surface area contributed by atoms with E-state index in [1.165, 1.54) is 79.0 Å². The van der Waals surface area contributed by atoms with Gasteiger partial charge in [-0.1, -0.05) is 24.3 Å². The lowest BCUT2D eigenvalue weighted by Crippen LogP contribution is -2.27. The molecule has 6 aromatic rings. The minimum Gasteiger partial charge on any atom is -0.478 e. The van der Waals surface area contributed by atoms with Crippen LogP contribution in [0.3, 0.4) is 0 Å². The van der Waals surface area contributed by atoms with E-state index in [2.05, 4.69) is 20.6 Å². The molecule has 0 radical (unpaired) electrons. The molecule has 0 spiro atoms. The molecule has 0 bridgehead atoms. The number of carbonyl (C=O) groups excluding carboxylic acids is 3. The minimum absolute atomic E-state index is 0.0103. The summed E-state index contributed by atoms with van der Waals surface area (Å²) in [5.74, 6) is -7.73. The zero-order chi connectivity index (χ0) is 52.1. The van der Waals surface area contributed by atoms with Gasteiger partial charge in [-0.25, -0.2) is 54.0 Å². The molecule has 0 saturated heterocycles. The molecule has 2 amide bonds. The van der Waals surface area contributed by atoms with Crippen LogP contribution in [0.15, 0.2) is 131 Å². The van der Waals surface area contributed by atoms with Crippen molar-refractivity contribution in [2.75, 3.05) is 10.6 Å². The Morgan fingerprint density at radius 1 is 0.583 bits per heavy atom. The van der Waals surface area contributed by atoms with Gasteiger partial charge in [-0.05, 0) is 119 Å². The Labute approximate surface area is 410 Å². The fourth-order valence-electron chi connectivity index (χ4n) is 6.65. The summed E-state index contributed by atoms with van der Waals surface area (Å²) in [4.78, 5) is 57.5. The van der Waals surface area contributed by atoms with Crippen molar-refractivity contribution in [1.82, 2.24) is 9.97 Å². The smallest absolute Gasteiger partial charge is 0.340 e. The second kappa shape index (κ2) is 21.3. The summed E-state index contributed by atoms with van der Waals surface area (Å²) in [6.07, 6.45) is 1.76. The number of nitrogens with one attached hydrogen (secondary N) is 2. The van der Waals surface area contributed by atoms with Crippen LogP contribution in [0.1, 0.15) is 90.5 Å². The minimum atomic E-state index is -3.46. The Morgan fingerprint density at radius 3 is 1.29 bits per heavy atom. The van der Waals surface area contributed by atoms with Crippen molar-refractivity contribution in [2.45, 2.75) is 84.6 Å². The highest BCUT2D eigenvalue weighted by atomic mass is 32.2. The number of amides is 2. The number of carboxylic acids is 1. The van der Waals surface area contributed by atoms with Gasteiger partial charge >= 0.3 is 11.9 Å². The molecule has 4 aromatic carbocycles. The highest BCUT2D eigenvalue weighted by Gasteiger charge is 2.38. The number of carboxylic acid groups (broad SMARTS) is 1. The number of aromatic carboxylic acids is 1. The van der Waals surface area contributed by atoms with Crippen LogP contribution in [0, 0.1) is 23.3 Å². The first-order valence-electron chi connectivity index (χ1n) is 21.9. The molecule has 8 rings (SSSR count). The maximum absolute atomic E-state index is 14.3. The Kier molecular flexibility index (Phi) is 15.4. The lowest BCUT2D eigenvalue weighted by atomic mass is 10.1. The fourth-order valence-corrected chi connectivity index (χ4v) is 9.97. The predicted molar refractivity (Wildman–Crippen MR) is 251 cm³/mol. The standard InChI is InChI=1S/C27H26F2N2O6S.C23H18F2N2O6S/c1-27(2,3)37-26(33)17-6-13-23(30-15-17)31-25(32)24(36-22-12-7-18(28)14-21(22)29)16-4-8-19(9-5-16)38(34,35)20-10-11-20;24-15-4-9-19(18(25)11-15)33-21(22(28)27-20-10-3-14(12-26-20)23(29)30)13-1-5-16(6-2-13)34(31,32)17-7-8-17/h4-9,12-15,20,24H,10-11H2,1-3H3,(H,30,31,32);1-6,9-12,17,21H,7-8H2,(H,29,30)(H,26,27,28). The van der Waals surface area contributed by atoms with E-state index in [1.54, 1.807) is 20.8 Å². The first-order valence-corrected chi connectivity index (χ1v) is 25.0. The molecular weight excluding hydrogens is 989 g/mol. The first kappa shape index (κ1) is 52.1. The molecule has 2 fully saturated rings. The molecule has 2 aliphatic rings. The normalized spacial score (nSPS) is 14.4. The van der Waals surface area contributed by atoms with Gasteiger partial charge in [0.05, 0.1) is 31.4 Å². The van der Waals surface area contributed by atoms with E-state index in [0.717, 1.165) is 30.5 Å². The van der Waals surface area contributed by atoms with E-state index in [-0.39, 0.29) is 49.4 Å². The highest BCUT2D eigenvalue weighted by molar-refractivity contribution is 7.92. The molecule has 2 aromatic heterocycles. The average molecular weight is 1030 g/mol. The Balaban J connectivity index is 0.000000213. The van der Waals surface area contributed by atoms with Crippen LogP contribution in [-0.4, -0.2) is 71.8 Å². The van der Waals surface area contributed by atoms with Crippen LogP contribution in [0.25, 0.3) is 0 Å². The first-order chi connectivity index (χ1) is 34.0. The number of sulfone groups is 2. The number of hydrogen-bond acceptors (Lipinski definition) is 13. The maximum Gasteiger partial charge on any atom is 0.340 e. The largest absolute Gasteiger partial charge is 0.478 e. The van der Waals surface area contributed by atoms with E-state index in [0.29, 0.717) is 37.8 Å². The summed E-state index contributed by atoms with van der Waals surface area (Å²) in [6, 6.07) is 21.5. The van der Waals surface area contributed by atoms with Crippen molar-refractivity contribution >= 4 is 55.1 Å². The summed E-state index contributed by atoms with van der Waals surface area (Å²) in [7, 11) is -6.92. The zero-order valence-corrected chi connectivity index (χ0v) is 40.0. The topological polar surface area (TPSA) is 234 Å². The number of rotatable bonds is 16. The number of hydrogen-bond donors (Lipinski definition) is 3. The quantitative estimate of drug-likeness (QED) is 0.0607. The number of pyridine rings is 2. The number of halogens is 4. The summed E-state index contributed by atoms with van der Waals surface area (Å²) < 4.78 is 122. The number of nitrogens with zero attached hydrogens (tertiary/aromatic N) is 2. The van der Waals surface area contributed by atoms with Gasteiger partial charge in [-0.2, -0.15) is 0 Å². The Bertz CT molecular complexity index is 3220. The number of anilines is 2. The molecule has 2 saturated carbocycles. The van der Waals surface area contributed by atoms with E-state index in [4.69, 9.17) is 19.3 Å². The summed E-state index contributed by atoms with van der Waals surface area (Å²) >= 11 is 0. The highest BCUT2D eigenvalue weighted by Crippen LogP contribution is 2.36. The molecule has 2 aliphatic carbocycles. The van der Waals surface area contributed by atoms with Gasteiger partial charge in [-0.15, -0.1) is 0 Å². The van der Waals surface area contributed by atoms with Gasteiger partial charge in [0.15, 0.2) is 42.8 Å². The van der Waals surface area contributed by atoms with Gasteiger partial charge in [0.1, 0.15) is 28.9 Å². The maximum atomic E-state index is 14.3. The van der Waals surface area contributed by atoms with E-state index < -0.39 is 101 Å². The third kappa shape index (κ3) is 13.2. The van der Waals surface area contributed by atoms with Crippen molar-refractivity contribution in [3.05, 3.63) is 167 Å². The Hall–Kier alpha value is -7.72. The van der Waals surface area contributed by atoms with Crippen LogP contribution >= 0.6 is 0 Å². The number of benzene rings is 4. The zero-order valence-electron chi connectivity index (χ0n) is 38.3. The molecule has 2 unspecified atom stereocenters. The molecule has 3 N–H and O–H groups in total. The average Bonchev–Trinajstić information content (AvgIpc) is 4.26. The van der Waals surface area contributed by atoms with Gasteiger partial charge in [0.25, 0.3) is 11.8 Å². The van der Waals surface area contributed by atoms with Crippen LogP contribution in [0.2, 0.25) is 0 Å². The fraction of sp³-hybridized carbons (Fsp3) is 0.240. The van der Waals surface area contributed by atoms with Crippen molar-refractivity contribution in [2.24, 2.45) is 0 Å². The van der Waals surface area contributed by atoms with Crippen LogP contribution < -0.4 is 20.1 Å². The number of aromatic nitrogens is 2. The summed E-state index contributed by atoms with van der Waals surface area (Å²) in [6.45, 7) is 5.18. The Morgan fingerprint density at radius 2 is 0.972 bits per heavy atom. The van der Waals surface area contributed by atoms with Gasteiger partial charge < -0.3 is 30.0 Å². The van der Waals surface area contributed by atoms with Crippen LogP contribution in [-0.2, 0) is 34.0 Å². The van der Waals surface area contributed by atoms with Gasteiger partial charge in [0.2, 0.25) is 12.2 Å². The SMILES string of the molecule is CC(C)(C)OC(=O)c1ccc(NC(=O)C(Oc2ccc(F)cc2F)c2ccc(S(=O)(=O)C3CC3)cc2)nc1.O=C(O)c1ccc(NC(=O)C(Oc2ccc(F)cc2F)c2ccc(S(=O)(=O)C3CC3)cc2)nc1. The molecule has 376 valence electrons. The lowest BCUT2D eigenvalue weighted by molar-refractivity contribution is -0.123. The van der Waals surface area contributed by atoms with Crippen molar-refractivity contribution < 1.29 is 72.9 Å². The third-order valence-electron chi connectivity index (χ3n) is 10.6. The molecule has 22 heteroatoms. The second-order valence-electron chi connectivity index (χ2n) is 17.4.